The maximum Gasteiger partial charge on any atom is 0.275 e. The first-order valence-electron chi connectivity index (χ1n) is 12.4. The second-order valence-corrected chi connectivity index (χ2v) is 9.60. The number of fused-ring (bicyclic) bond motifs is 2. The first-order chi connectivity index (χ1) is 18.4. The van der Waals surface area contributed by atoms with Gasteiger partial charge in [0.1, 0.15) is 11.6 Å². The summed E-state index contributed by atoms with van der Waals surface area (Å²) in [4.78, 5) is 23.1. The number of hydrogen-bond donors (Lipinski definition) is 2. The highest BCUT2D eigenvalue weighted by Crippen LogP contribution is 2.34. The van der Waals surface area contributed by atoms with Gasteiger partial charge in [-0.25, -0.2) is 19.0 Å². The van der Waals surface area contributed by atoms with Gasteiger partial charge in [0.25, 0.3) is 5.56 Å². The number of aromatic nitrogens is 4. The number of aromatic hydroxyl groups is 1. The van der Waals surface area contributed by atoms with Crippen LogP contribution in [0.15, 0.2) is 83.8 Å². The number of phenols is 1. The summed E-state index contributed by atoms with van der Waals surface area (Å²) in [5.74, 6) is 0.268. The van der Waals surface area contributed by atoms with E-state index < -0.39 is 0 Å². The van der Waals surface area contributed by atoms with Gasteiger partial charge in [0, 0.05) is 6.20 Å². The Morgan fingerprint density at radius 3 is 2.45 bits per heavy atom. The molecule has 0 saturated carbocycles. The number of rotatable bonds is 5. The molecule has 0 amide bonds. The smallest absolute Gasteiger partial charge is 0.275 e. The molecular weight excluding hydrogens is 481 g/mol. The molecule has 7 nitrogen and oxygen atoms in total. The van der Waals surface area contributed by atoms with Gasteiger partial charge in [-0.2, -0.15) is 0 Å². The fourth-order valence-electron chi connectivity index (χ4n) is 5.04. The normalized spacial score (nSPS) is 13.0. The van der Waals surface area contributed by atoms with E-state index in [4.69, 9.17) is 4.98 Å². The minimum Gasteiger partial charge on any atom is -0.508 e. The van der Waals surface area contributed by atoms with Gasteiger partial charge in [0.05, 0.1) is 36.1 Å². The lowest BCUT2D eigenvalue weighted by molar-refractivity contribution is 0.455. The predicted octanol–water partition coefficient (Wildman–Crippen LogP) is 5.51. The highest BCUT2D eigenvalue weighted by Gasteiger charge is 2.28. The van der Waals surface area contributed by atoms with E-state index in [1.165, 1.54) is 12.1 Å². The molecule has 190 valence electrons. The second-order valence-electron chi connectivity index (χ2n) is 9.60. The number of anilines is 1. The average Bonchev–Trinajstić information content (AvgIpc) is 3.20. The monoisotopic (exact) mass is 507 g/mol. The van der Waals surface area contributed by atoms with E-state index in [-0.39, 0.29) is 23.2 Å². The van der Waals surface area contributed by atoms with Crippen molar-refractivity contribution in [2.75, 3.05) is 5.32 Å². The molecule has 2 N–H and O–H groups in total. The molecule has 8 heteroatoms. The zero-order valence-corrected chi connectivity index (χ0v) is 21.0. The Balaban J connectivity index is 1.49. The Labute approximate surface area is 218 Å². The minimum absolute atomic E-state index is 0.0313. The van der Waals surface area contributed by atoms with E-state index in [9.17, 15) is 14.3 Å². The van der Waals surface area contributed by atoms with E-state index in [2.05, 4.69) is 10.3 Å². The zero-order valence-electron chi connectivity index (χ0n) is 21.0. The van der Waals surface area contributed by atoms with E-state index in [0.717, 1.165) is 22.3 Å². The summed E-state index contributed by atoms with van der Waals surface area (Å²) in [7, 11) is 0. The van der Waals surface area contributed by atoms with Crippen LogP contribution in [0.3, 0.4) is 0 Å². The van der Waals surface area contributed by atoms with Crippen molar-refractivity contribution in [2.45, 2.75) is 33.0 Å². The van der Waals surface area contributed by atoms with Crippen molar-refractivity contribution in [1.29, 1.82) is 0 Å². The predicted molar refractivity (Wildman–Crippen MR) is 145 cm³/mol. The molecule has 0 spiro atoms. The van der Waals surface area contributed by atoms with Crippen LogP contribution in [0.2, 0.25) is 0 Å². The van der Waals surface area contributed by atoms with E-state index >= 15 is 0 Å². The van der Waals surface area contributed by atoms with Crippen molar-refractivity contribution in [3.05, 3.63) is 117 Å². The number of aryl methyl sites for hydroxylation is 1. The lowest BCUT2D eigenvalue weighted by Gasteiger charge is -2.23. The minimum atomic E-state index is -0.374. The Kier molecular flexibility index (Phi) is 5.79. The number of benzene rings is 3. The molecule has 0 radical (unpaired) electrons. The quantitative estimate of drug-likeness (QED) is 0.321. The Bertz CT molecular complexity index is 1710. The van der Waals surface area contributed by atoms with Gasteiger partial charge in [-0.05, 0) is 65.9 Å². The molecule has 6 rings (SSSR count). The summed E-state index contributed by atoms with van der Waals surface area (Å²) < 4.78 is 17.4. The number of nitrogens with zero attached hydrogens (tertiary/aromatic N) is 4. The summed E-state index contributed by atoms with van der Waals surface area (Å²) >= 11 is 0. The summed E-state index contributed by atoms with van der Waals surface area (Å²) in [5, 5.41) is 13.6. The molecule has 38 heavy (non-hydrogen) atoms. The average molecular weight is 508 g/mol. The van der Waals surface area contributed by atoms with Crippen LogP contribution in [-0.2, 0) is 13.1 Å². The van der Waals surface area contributed by atoms with Crippen molar-refractivity contribution >= 4 is 5.95 Å². The molecule has 1 aliphatic heterocycles. The van der Waals surface area contributed by atoms with E-state index in [1.807, 2.05) is 54.9 Å². The van der Waals surface area contributed by atoms with Crippen molar-refractivity contribution in [3.63, 3.8) is 0 Å². The lowest BCUT2D eigenvalue weighted by Crippen LogP contribution is -2.29. The Morgan fingerprint density at radius 1 is 0.974 bits per heavy atom. The highest BCUT2D eigenvalue weighted by molar-refractivity contribution is 5.80. The van der Waals surface area contributed by atoms with Crippen molar-refractivity contribution in [1.82, 2.24) is 19.3 Å². The van der Waals surface area contributed by atoms with Crippen molar-refractivity contribution < 1.29 is 9.50 Å². The Morgan fingerprint density at radius 2 is 1.68 bits per heavy atom. The van der Waals surface area contributed by atoms with Crippen LogP contribution in [-0.4, -0.2) is 24.4 Å². The zero-order chi connectivity index (χ0) is 26.4. The first-order valence-corrected chi connectivity index (χ1v) is 12.4. The van der Waals surface area contributed by atoms with E-state index in [1.54, 1.807) is 35.1 Å². The maximum absolute atomic E-state index is 13.8. The van der Waals surface area contributed by atoms with Crippen LogP contribution in [0.5, 0.6) is 5.75 Å². The molecule has 5 aromatic rings. The largest absolute Gasteiger partial charge is 0.508 e. The van der Waals surface area contributed by atoms with Crippen LogP contribution in [0.4, 0.5) is 10.3 Å². The molecule has 0 unspecified atom stereocenters. The Hall–Kier alpha value is -4.72. The van der Waals surface area contributed by atoms with Gasteiger partial charge in [-0.15, -0.1) is 0 Å². The van der Waals surface area contributed by atoms with E-state index in [0.29, 0.717) is 41.6 Å². The molecular formula is C30H26FN5O2. The van der Waals surface area contributed by atoms with Crippen LogP contribution in [0, 0.1) is 12.7 Å². The fraction of sp³-hybridized carbons (Fsp3) is 0.167. The summed E-state index contributed by atoms with van der Waals surface area (Å²) in [6.07, 6.45) is 1.67. The molecule has 1 atom stereocenters. The van der Waals surface area contributed by atoms with Gasteiger partial charge in [-0.1, -0.05) is 48.5 Å². The topological polar surface area (TPSA) is 85.0 Å². The third-order valence-corrected chi connectivity index (χ3v) is 7.07. The second kappa shape index (κ2) is 9.30. The molecule has 0 saturated heterocycles. The molecule has 0 aliphatic carbocycles. The number of phenolic OH excluding ortho intramolecular Hbond substituents is 1. The van der Waals surface area contributed by atoms with Crippen LogP contribution in [0.1, 0.15) is 35.2 Å². The maximum atomic E-state index is 13.8. The highest BCUT2D eigenvalue weighted by atomic mass is 19.1. The third-order valence-electron chi connectivity index (χ3n) is 7.07. The number of halogens is 1. The molecule has 1 aliphatic rings. The number of hydrogen-bond acceptors (Lipinski definition) is 5. The standard InChI is InChI=1S/C30H26FN5O2/c1-18-14-22-16-35-28(25-12-13-32-30(34-25)33-19(2)20-6-4-3-5-7-20)27(21-8-10-24(31)11-9-21)29(38)36(35)17-23(22)15-26(18)37/h3-15,19,37H,16-17H2,1-2H3,(H,32,33,34)/t19-/m0/s1. The van der Waals surface area contributed by atoms with Crippen LogP contribution in [0.25, 0.3) is 22.5 Å². The summed E-state index contributed by atoms with van der Waals surface area (Å²) in [5.41, 5.74) is 5.84. The van der Waals surface area contributed by atoms with Gasteiger partial charge in [-0.3, -0.25) is 9.48 Å². The molecule has 3 aromatic carbocycles. The summed E-state index contributed by atoms with van der Waals surface area (Å²) in [6.45, 7) is 4.62. The summed E-state index contributed by atoms with van der Waals surface area (Å²) in [6, 6.07) is 21.4. The fourth-order valence-corrected chi connectivity index (χ4v) is 5.04. The first kappa shape index (κ1) is 23.7. The van der Waals surface area contributed by atoms with Gasteiger partial charge >= 0.3 is 0 Å². The van der Waals surface area contributed by atoms with Crippen molar-refractivity contribution in [2.24, 2.45) is 0 Å². The van der Waals surface area contributed by atoms with Crippen molar-refractivity contribution in [3.8, 4) is 28.3 Å². The van der Waals surface area contributed by atoms with Crippen LogP contribution < -0.4 is 10.9 Å². The number of nitrogens with one attached hydrogen (secondary N) is 1. The van der Waals surface area contributed by atoms with Gasteiger partial charge < -0.3 is 10.4 Å². The molecule has 0 bridgehead atoms. The lowest BCUT2D eigenvalue weighted by atomic mass is 10.0. The molecule has 0 fully saturated rings. The van der Waals surface area contributed by atoms with Gasteiger partial charge in [0.15, 0.2) is 0 Å². The SMILES string of the molecule is Cc1cc2c(cc1O)Cn1c(=O)c(-c3ccc(F)cc3)c(-c3ccnc(N[C@@H](C)c4ccccc4)n3)n1C2. The van der Waals surface area contributed by atoms with Gasteiger partial charge in [0.2, 0.25) is 5.95 Å². The molecule has 2 aromatic heterocycles. The molecule has 3 heterocycles. The third kappa shape index (κ3) is 4.14. The van der Waals surface area contributed by atoms with Crippen LogP contribution >= 0.6 is 0 Å².